The topological polar surface area (TPSA) is 29.5 Å². The molecule has 0 aromatic carbocycles. The molecule has 0 aliphatic rings. The Morgan fingerprint density at radius 1 is 0.800 bits per heavy atom. The average molecular weight is 422 g/mol. The highest BCUT2D eigenvalue weighted by Crippen LogP contribution is 2.14. The van der Waals surface area contributed by atoms with Crippen LogP contribution in [0.1, 0.15) is 117 Å². The number of carbonyl (C=O) groups excluding carboxylic acids is 1. The summed E-state index contributed by atoms with van der Waals surface area (Å²) in [5.41, 5.74) is 0. The molecule has 0 aliphatic carbocycles. The number of ether oxygens (including phenoxy) is 1. The van der Waals surface area contributed by atoms with E-state index in [0.717, 1.165) is 32.2 Å². The van der Waals surface area contributed by atoms with Crippen molar-refractivity contribution >= 4 is 5.97 Å². The summed E-state index contributed by atoms with van der Waals surface area (Å²) in [5.74, 6) is -0.0243. The molecule has 0 spiro atoms. The van der Waals surface area contributed by atoms with Gasteiger partial charge in [-0.1, -0.05) is 76.7 Å². The summed E-state index contributed by atoms with van der Waals surface area (Å²) in [5, 5.41) is 0. The third kappa shape index (κ3) is 21.6. The summed E-state index contributed by atoms with van der Waals surface area (Å²) < 4.78 is 5.64. The van der Waals surface area contributed by atoms with Crippen molar-refractivity contribution in [1.82, 2.24) is 4.90 Å². The standard InChI is InChI=1S/C27H51NO2/c1-5-7-8-9-10-11-12-13-14-15-16-17-18-19-20-21-23-26(6-2)30-27(29)24-22-25-28(3)4/h10-11,13-14,26H,5-9,12,15-25H2,1-4H3. The molecule has 0 aromatic heterocycles. The van der Waals surface area contributed by atoms with Gasteiger partial charge in [-0.25, -0.2) is 0 Å². The lowest BCUT2D eigenvalue weighted by Gasteiger charge is -2.16. The van der Waals surface area contributed by atoms with Crippen molar-refractivity contribution in [2.45, 2.75) is 123 Å². The molecule has 0 radical (unpaired) electrons. The number of carbonyl (C=O) groups is 1. The van der Waals surface area contributed by atoms with Crippen molar-refractivity contribution < 1.29 is 9.53 Å². The second kappa shape index (κ2) is 22.6. The van der Waals surface area contributed by atoms with E-state index < -0.39 is 0 Å². The van der Waals surface area contributed by atoms with Crippen molar-refractivity contribution in [3.8, 4) is 0 Å². The van der Waals surface area contributed by atoms with Crippen molar-refractivity contribution in [1.29, 1.82) is 0 Å². The molecule has 0 aliphatic heterocycles. The molecule has 0 saturated heterocycles. The third-order valence-electron chi connectivity index (χ3n) is 5.47. The summed E-state index contributed by atoms with van der Waals surface area (Å²) in [6, 6.07) is 0. The zero-order valence-corrected chi connectivity index (χ0v) is 20.7. The van der Waals surface area contributed by atoms with Gasteiger partial charge in [-0.15, -0.1) is 0 Å². The SMILES string of the molecule is CCCCCC=CCC=CCCCCCCCCC(CC)OC(=O)CCCN(C)C. The molecule has 0 amide bonds. The van der Waals surface area contributed by atoms with E-state index in [4.69, 9.17) is 4.74 Å². The molecule has 0 N–H and O–H groups in total. The molecular weight excluding hydrogens is 370 g/mol. The Balaban J connectivity index is 3.50. The fraction of sp³-hybridized carbons (Fsp3) is 0.815. The first-order valence-corrected chi connectivity index (χ1v) is 12.7. The fourth-order valence-corrected chi connectivity index (χ4v) is 3.49. The third-order valence-corrected chi connectivity index (χ3v) is 5.47. The second-order valence-corrected chi connectivity index (χ2v) is 8.80. The van der Waals surface area contributed by atoms with Gasteiger partial charge < -0.3 is 9.64 Å². The summed E-state index contributed by atoms with van der Waals surface area (Å²) >= 11 is 0. The number of nitrogens with zero attached hydrogens (tertiary/aromatic N) is 1. The zero-order valence-electron chi connectivity index (χ0n) is 20.7. The van der Waals surface area contributed by atoms with Crippen LogP contribution in [0.3, 0.4) is 0 Å². The van der Waals surface area contributed by atoms with Gasteiger partial charge in [-0.3, -0.25) is 4.79 Å². The maximum atomic E-state index is 11.9. The lowest BCUT2D eigenvalue weighted by molar-refractivity contribution is -0.149. The van der Waals surface area contributed by atoms with Crippen LogP contribution in [0.5, 0.6) is 0 Å². The van der Waals surface area contributed by atoms with E-state index in [2.05, 4.69) is 43.1 Å². The average Bonchev–Trinajstić information content (AvgIpc) is 2.72. The molecule has 3 nitrogen and oxygen atoms in total. The highest BCUT2D eigenvalue weighted by atomic mass is 16.5. The van der Waals surface area contributed by atoms with Crippen LogP contribution in [0.4, 0.5) is 0 Å². The Morgan fingerprint density at radius 2 is 1.40 bits per heavy atom. The molecule has 3 heteroatoms. The van der Waals surface area contributed by atoms with Crippen LogP contribution in [0, 0.1) is 0 Å². The van der Waals surface area contributed by atoms with E-state index in [1.807, 2.05) is 14.1 Å². The summed E-state index contributed by atoms with van der Waals surface area (Å²) in [4.78, 5) is 14.0. The van der Waals surface area contributed by atoms with Gasteiger partial charge in [0, 0.05) is 6.42 Å². The number of hydrogen-bond acceptors (Lipinski definition) is 3. The fourth-order valence-electron chi connectivity index (χ4n) is 3.49. The Kier molecular flexibility index (Phi) is 21.8. The van der Waals surface area contributed by atoms with Gasteiger partial charge in [0.15, 0.2) is 0 Å². The molecule has 0 rings (SSSR count). The lowest BCUT2D eigenvalue weighted by atomic mass is 10.0. The minimum absolute atomic E-state index is 0.0243. The predicted octanol–water partition coefficient (Wildman–Crippen LogP) is 7.85. The van der Waals surface area contributed by atoms with Gasteiger partial charge in [0.1, 0.15) is 6.10 Å². The summed E-state index contributed by atoms with van der Waals surface area (Å²) in [7, 11) is 4.07. The Labute approximate surface area is 188 Å². The zero-order chi connectivity index (χ0) is 22.3. The Hall–Kier alpha value is -1.09. The van der Waals surface area contributed by atoms with Crippen LogP contribution in [-0.2, 0) is 9.53 Å². The Morgan fingerprint density at radius 3 is 2.00 bits per heavy atom. The van der Waals surface area contributed by atoms with Gasteiger partial charge in [-0.2, -0.15) is 0 Å². The first-order chi connectivity index (χ1) is 14.6. The van der Waals surface area contributed by atoms with Crippen LogP contribution in [0.25, 0.3) is 0 Å². The molecule has 176 valence electrons. The van der Waals surface area contributed by atoms with Gasteiger partial charge >= 0.3 is 5.97 Å². The quantitative estimate of drug-likeness (QED) is 0.107. The molecule has 0 aromatic rings. The van der Waals surface area contributed by atoms with Crippen LogP contribution in [0.2, 0.25) is 0 Å². The van der Waals surface area contributed by atoms with Crippen molar-refractivity contribution in [2.75, 3.05) is 20.6 Å². The van der Waals surface area contributed by atoms with Gasteiger partial charge in [0.05, 0.1) is 0 Å². The summed E-state index contributed by atoms with van der Waals surface area (Å²) in [6.45, 7) is 5.31. The Bertz CT molecular complexity index is 429. The first-order valence-electron chi connectivity index (χ1n) is 12.7. The van der Waals surface area contributed by atoms with Crippen molar-refractivity contribution in [2.24, 2.45) is 0 Å². The number of rotatable bonds is 21. The van der Waals surface area contributed by atoms with Crippen LogP contribution in [0.15, 0.2) is 24.3 Å². The van der Waals surface area contributed by atoms with Crippen LogP contribution >= 0.6 is 0 Å². The molecule has 0 fully saturated rings. The van der Waals surface area contributed by atoms with E-state index >= 15 is 0 Å². The van der Waals surface area contributed by atoms with Crippen LogP contribution in [-0.4, -0.2) is 37.6 Å². The van der Waals surface area contributed by atoms with Crippen LogP contribution < -0.4 is 0 Å². The molecule has 0 saturated carbocycles. The van der Waals surface area contributed by atoms with E-state index in [1.54, 1.807) is 0 Å². The van der Waals surface area contributed by atoms with E-state index in [9.17, 15) is 4.79 Å². The summed E-state index contributed by atoms with van der Waals surface area (Å²) in [6.07, 6.45) is 28.0. The van der Waals surface area contributed by atoms with Crippen molar-refractivity contribution in [3.63, 3.8) is 0 Å². The predicted molar refractivity (Wildman–Crippen MR) is 132 cm³/mol. The van der Waals surface area contributed by atoms with Gasteiger partial charge in [-0.05, 0) is 78.4 Å². The molecule has 0 heterocycles. The first kappa shape index (κ1) is 28.9. The second-order valence-electron chi connectivity index (χ2n) is 8.80. The number of hydrogen-bond donors (Lipinski definition) is 0. The van der Waals surface area contributed by atoms with E-state index in [-0.39, 0.29) is 12.1 Å². The molecular formula is C27H51NO2. The lowest BCUT2D eigenvalue weighted by Crippen LogP contribution is -2.19. The molecule has 0 bridgehead atoms. The maximum Gasteiger partial charge on any atom is 0.306 e. The van der Waals surface area contributed by atoms with E-state index in [0.29, 0.717) is 6.42 Å². The maximum absolute atomic E-state index is 11.9. The van der Waals surface area contributed by atoms with E-state index in [1.165, 1.54) is 70.6 Å². The minimum Gasteiger partial charge on any atom is -0.462 e. The van der Waals surface area contributed by atoms with Gasteiger partial charge in [0.25, 0.3) is 0 Å². The number of unbranched alkanes of at least 4 members (excludes halogenated alkanes) is 9. The molecule has 1 atom stereocenters. The molecule has 30 heavy (non-hydrogen) atoms. The smallest absolute Gasteiger partial charge is 0.306 e. The number of esters is 1. The normalized spacial score (nSPS) is 13.0. The largest absolute Gasteiger partial charge is 0.462 e. The molecule has 1 unspecified atom stereocenters. The highest BCUT2D eigenvalue weighted by Gasteiger charge is 2.12. The highest BCUT2D eigenvalue weighted by molar-refractivity contribution is 5.69. The number of allylic oxidation sites excluding steroid dienone is 4. The van der Waals surface area contributed by atoms with Crippen molar-refractivity contribution in [3.05, 3.63) is 24.3 Å². The monoisotopic (exact) mass is 421 g/mol. The minimum atomic E-state index is -0.0243. The van der Waals surface area contributed by atoms with Gasteiger partial charge in [0.2, 0.25) is 0 Å².